The van der Waals surface area contributed by atoms with Gasteiger partial charge in [0.15, 0.2) is 0 Å². The number of aliphatic hydroxyl groups excluding tert-OH is 2. The van der Waals surface area contributed by atoms with Crippen molar-refractivity contribution in [1.82, 2.24) is 25.8 Å². The molecule has 0 radical (unpaired) electrons. The molecular weight excluding hydrogens is 553 g/mol. The Bertz CT molecular complexity index is 1090. The fourth-order valence-electron chi connectivity index (χ4n) is 7.34. The smallest absolute Gasteiger partial charge is 0.387 e. The highest BCUT2D eigenvalue weighted by atomic mass is 19.4. The van der Waals surface area contributed by atoms with E-state index in [9.17, 15) is 23.4 Å². The lowest BCUT2D eigenvalue weighted by atomic mass is 9.76. The van der Waals surface area contributed by atoms with Crippen LogP contribution in [-0.2, 0) is 11.2 Å². The number of nitrogens with one attached hydrogen (secondary N) is 5. The normalized spacial score (nSPS) is 38.3. The standard InChI is InChI=1S/C28H45F3N8O3/c1-14(2)38(11-20-23(40)24(41)27(42-20)39-13-35-22-25(32)33-12-34-26(22)39)17-7-15(8-17)4-6-21-36-18-5-3-16(9-19(18)37-21)10-28(29,30)31/h3,5,9,14-15,17,20-27,33-37,40-41H,4,6-8,10-13,32H2,1-2H3/t15?,17?,20-,21?,22?,23-,24-,25?,26?,27-/m1/s1. The summed E-state index contributed by atoms with van der Waals surface area (Å²) in [5.74, 6) is 0.555. The van der Waals surface area contributed by atoms with Crippen LogP contribution in [0.1, 0.15) is 45.1 Å². The Balaban J connectivity index is 0.974. The maximum atomic E-state index is 12.8. The number of anilines is 2. The van der Waals surface area contributed by atoms with Gasteiger partial charge in [0, 0.05) is 25.3 Å². The van der Waals surface area contributed by atoms with Gasteiger partial charge in [-0.1, -0.05) is 6.07 Å². The molecule has 1 saturated carbocycles. The monoisotopic (exact) mass is 598 g/mol. The van der Waals surface area contributed by atoms with E-state index < -0.39 is 37.1 Å². The highest BCUT2D eigenvalue weighted by Gasteiger charge is 2.52. The number of hydrogen-bond acceptors (Lipinski definition) is 11. The zero-order chi connectivity index (χ0) is 29.8. The Kier molecular flexibility index (Phi) is 8.63. The molecule has 4 aliphatic heterocycles. The number of ether oxygens (including phenoxy) is 1. The molecule has 1 aliphatic carbocycles. The zero-order valence-corrected chi connectivity index (χ0v) is 24.1. The largest absolute Gasteiger partial charge is 0.393 e. The van der Waals surface area contributed by atoms with Gasteiger partial charge in [-0.3, -0.25) is 20.9 Å². The van der Waals surface area contributed by atoms with Crippen molar-refractivity contribution in [2.75, 3.05) is 30.5 Å². The van der Waals surface area contributed by atoms with E-state index in [4.69, 9.17) is 10.5 Å². The molecule has 4 heterocycles. The minimum atomic E-state index is -4.22. The third-order valence-electron chi connectivity index (χ3n) is 9.65. The van der Waals surface area contributed by atoms with Crippen LogP contribution in [0.15, 0.2) is 18.2 Å². The molecule has 4 fully saturated rings. The van der Waals surface area contributed by atoms with Crippen LogP contribution in [0.25, 0.3) is 0 Å². The van der Waals surface area contributed by atoms with E-state index in [0.717, 1.165) is 37.1 Å². The third kappa shape index (κ3) is 6.24. The van der Waals surface area contributed by atoms with Crippen molar-refractivity contribution < 1.29 is 28.1 Å². The topological polar surface area (TPSA) is 142 Å². The van der Waals surface area contributed by atoms with E-state index in [0.29, 0.717) is 31.8 Å². The number of hydrogen-bond donors (Lipinski definition) is 8. The molecule has 11 nitrogen and oxygen atoms in total. The van der Waals surface area contributed by atoms with E-state index in [-0.39, 0.29) is 36.1 Å². The first-order valence-electron chi connectivity index (χ1n) is 15.2. The zero-order valence-electron chi connectivity index (χ0n) is 24.1. The summed E-state index contributed by atoms with van der Waals surface area (Å²) >= 11 is 0. The lowest BCUT2D eigenvalue weighted by Gasteiger charge is -2.46. The molecule has 8 atom stereocenters. The molecule has 5 aliphatic rings. The Morgan fingerprint density at radius 3 is 2.57 bits per heavy atom. The number of aliphatic hydroxyl groups is 2. The summed E-state index contributed by atoms with van der Waals surface area (Å²) in [6.07, 6.45) is -4.64. The lowest BCUT2D eigenvalue weighted by molar-refractivity contribution is -0.127. The average molecular weight is 599 g/mol. The molecule has 0 spiro atoms. The minimum Gasteiger partial charge on any atom is -0.387 e. The first-order chi connectivity index (χ1) is 20.0. The quantitative estimate of drug-likeness (QED) is 0.203. The molecule has 0 bridgehead atoms. The molecule has 1 aromatic rings. The second kappa shape index (κ2) is 12.0. The molecule has 14 heteroatoms. The number of fused-ring (bicyclic) bond motifs is 2. The van der Waals surface area contributed by atoms with Gasteiger partial charge in [0.25, 0.3) is 0 Å². The van der Waals surface area contributed by atoms with Gasteiger partial charge in [-0.05, 0) is 63.1 Å². The van der Waals surface area contributed by atoms with Crippen LogP contribution in [-0.4, -0.2) is 107 Å². The summed E-state index contributed by atoms with van der Waals surface area (Å²) < 4.78 is 44.7. The van der Waals surface area contributed by atoms with Crippen molar-refractivity contribution in [3.8, 4) is 0 Å². The van der Waals surface area contributed by atoms with Crippen LogP contribution in [0, 0.1) is 5.92 Å². The Morgan fingerprint density at radius 1 is 1.07 bits per heavy atom. The number of nitrogens with zero attached hydrogens (tertiary/aromatic N) is 2. The number of rotatable bonds is 9. The van der Waals surface area contributed by atoms with Gasteiger partial charge in [0.2, 0.25) is 0 Å². The molecule has 1 aromatic carbocycles. The Hall–Kier alpha value is -1.75. The summed E-state index contributed by atoms with van der Waals surface area (Å²) in [5.41, 5.74) is 8.03. The van der Waals surface area contributed by atoms with Crippen LogP contribution in [0.2, 0.25) is 0 Å². The number of nitrogens with two attached hydrogens (primary N) is 1. The van der Waals surface area contributed by atoms with Gasteiger partial charge in [0.1, 0.15) is 24.5 Å². The van der Waals surface area contributed by atoms with Crippen molar-refractivity contribution in [3.05, 3.63) is 23.8 Å². The number of alkyl halides is 3. The maximum absolute atomic E-state index is 12.8. The van der Waals surface area contributed by atoms with Crippen LogP contribution >= 0.6 is 0 Å². The summed E-state index contributed by atoms with van der Waals surface area (Å²) in [6.45, 7) is 5.89. The molecule has 42 heavy (non-hydrogen) atoms. The number of halogens is 3. The highest BCUT2D eigenvalue weighted by Crippen LogP contribution is 2.39. The van der Waals surface area contributed by atoms with E-state index in [1.807, 2.05) is 4.90 Å². The molecular formula is C28H45F3N8O3. The van der Waals surface area contributed by atoms with E-state index >= 15 is 0 Å². The predicted molar refractivity (Wildman–Crippen MR) is 152 cm³/mol. The van der Waals surface area contributed by atoms with Gasteiger partial charge in [-0.25, -0.2) is 4.90 Å². The van der Waals surface area contributed by atoms with Crippen LogP contribution in [0.4, 0.5) is 24.5 Å². The van der Waals surface area contributed by atoms with Gasteiger partial charge >= 0.3 is 6.18 Å². The van der Waals surface area contributed by atoms with Crippen molar-refractivity contribution in [1.29, 1.82) is 0 Å². The van der Waals surface area contributed by atoms with Crippen LogP contribution in [0.3, 0.4) is 0 Å². The molecule has 6 rings (SSSR count). The molecule has 0 amide bonds. The molecule has 3 saturated heterocycles. The van der Waals surface area contributed by atoms with Crippen molar-refractivity contribution >= 4 is 11.4 Å². The second-order valence-corrected chi connectivity index (χ2v) is 12.9. The molecule has 236 valence electrons. The molecule has 0 aromatic heterocycles. The highest BCUT2D eigenvalue weighted by molar-refractivity contribution is 5.75. The summed E-state index contributed by atoms with van der Waals surface area (Å²) in [6, 6.07) is 5.44. The first-order valence-corrected chi connectivity index (χ1v) is 15.2. The summed E-state index contributed by atoms with van der Waals surface area (Å²) in [4.78, 5) is 4.40. The maximum Gasteiger partial charge on any atom is 0.393 e. The Labute approximate surface area is 244 Å². The van der Waals surface area contributed by atoms with E-state index in [1.54, 1.807) is 12.1 Å². The molecule has 4 unspecified atom stereocenters. The Morgan fingerprint density at radius 2 is 1.83 bits per heavy atom. The van der Waals surface area contributed by atoms with Crippen LogP contribution < -0.4 is 32.3 Å². The van der Waals surface area contributed by atoms with Crippen LogP contribution in [0.5, 0.6) is 0 Å². The van der Waals surface area contributed by atoms with E-state index in [2.05, 4.69) is 45.3 Å². The molecule has 9 N–H and O–H groups in total. The van der Waals surface area contributed by atoms with Crippen molar-refractivity contribution in [2.24, 2.45) is 11.7 Å². The third-order valence-corrected chi connectivity index (χ3v) is 9.65. The van der Waals surface area contributed by atoms with Crippen molar-refractivity contribution in [2.45, 2.75) is 113 Å². The van der Waals surface area contributed by atoms with Crippen molar-refractivity contribution in [3.63, 3.8) is 0 Å². The average Bonchev–Trinajstić information content (AvgIpc) is 3.58. The summed E-state index contributed by atoms with van der Waals surface area (Å²) in [5, 5.41) is 38.6. The fourth-order valence-corrected chi connectivity index (χ4v) is 7.34. The number of benzene rings is 1. The SMILES string of the molecule is CC(C)N(C[C@H]1O[C@@H](N2CNC3C(N)NCNC32)[C@H](O)[C@@H]1O)C1CC(CCC2Nc3ccc(CC(F)(F)F)cc3N2)C1. The summed E-state index contributed by atoms with van der Waals surface area (Å²) in [7, 11) is 0. The first kappa shape index (κ1) is 30.3. The lowest BCUT2D eigenvalue weighted by Crippen LogP contribution is -2.68. The van der Waals surface area contributed by atoms with Gasteiger partial charge in [0.05, 0.1) is 49.0 Å². The second-order valence-electron chi connectivity index (χ2n) is 12.9. The van der Waals surface area contributed by atoms with E-state index in [1.165, 1.54) is 6.07 Å². The van der Waals surface area contributed by atoms with Gasteiger partial charge in [-0.2, -0.15) is 13.2 Å². The minimum absolute atomic E-state index is 0.00510. The van der Waals surface area contributed by atoms with Gasteiger partial charge in [-0.15, -0.1) is 0 Å². The fraction of sp³-hybridized carbons (Fsp3) is 0.786. The van der Waals surface area contributed by atoms with Gasteiger partial charge < -0.3 is 31.3 Å². The predicted octanol–water partition coefficient (Wildman–Crippen LogP) is 0.663.